The fourth-order valence-electron chi connectivity index (χ4n) is 7.45. The first-order chi connectivity index (χ1) is 21.7. The lowest BCUT2D eigenvalue weighted by Gasteiger charge is -2.36. The van der Waals surface area contributed by atoms with Crippen molar-refractivity contribution in [1.29, 1.82) is 0 Å². The Balaban J connectivity index is 1.46. The van der Waals surface area contributed by atoms with E-state index in [1.165, 1.54) is 4.90 Å². The van der Waals surface area contributed by atoms with E-state index in [0.717, 1.165) is 11.1 Å². The number of aryl methyl sites for hydroxylation is 2. The minimum absolute atomic E-state index is 0.0940. The van der Waals surface area contributed by atoms with Crippen molar-refractivity contribution >= 4 is 29.4 Å². The Morgan fingerprint density at radius 2 is 1.71 bits per heavy atom. The number of hydrogen-bond acceptors (Lipinski definition) is 7. The molecule has 5 bridgehead atoms. The van der Waals surface area contributed by atoms with Crippen LogP contribution < -0.4 is 10.2 Å². The molecule has 3 amide bonds. The Morgan fingerprint density at radius 1 is 0.978 bits per heavy atom. The van der Waals surface area contributed by atoms with E-state index in [1.807, 2.05) is 74.5 Å². The lowest BCUT2D eigenvalue weighted by atomic mass is 9.74. The second kappa shape index (κ2) is 12.3. The van der Waals surface area contributed by atoms with Crippen molar-refractivity contribution in [3.63, 3.8) is 0 Å². The maximum Gasteiger partial charge on any atom is 0.313 e. The van der Waals surface area contributed by atoms with E-state index in [1.54, 1.807) is 24.0 Å². The zero-order valence-electron chi connectivity index (χ0n) is 25.7. The van der Waals surface area contributed by atoms with Crippen molar-refractivity contribution < 1.29 is 33.8 Å². The van der Waals surface area contributed by atoms with Crippen molar-refractivity contribution in [3.8, 4) is 0 Å². The molecule has 10 nitrogen and oxygen atoms in total. The first-order valence-corrected chi connectivity index (χ1v) is 15.5. The third-order valence-electron chi connectivity index (χ3n) is 9.40. The zero-order valence-corrected chi connectivity index (χ0v) is 25.7. The molecule has 0 aliphatic carbocycles. The van der Waals surface area contributed by atoms with E-state index < -0.39 is 53.6 Å². The van der Waals surface area contributed by atoms with Gasteiger partial charge in [-0.2, -0.15) is 0 Å². The summed E-state index contributed by atoms with van der Waals surface area (Å²) in [6.45, 7) is 5.36. The number of esters is 1. The number of para-hydroxylation sites is 1. The second-order valence-electron chi connectivity index (χ2n) is 12.3. The lowest BCUT2D eigenvalue weighted by Crippen LogP contribution is -2.56. The number of β-amino-alcohol motifs (C(OH)–C–C–N with tert-alkyl or cyclic N) is 1. The highest BCUT2D eigenvalue weighted by Crippen LogP contribution is 2.56. The Bertz CT molecular complexity index is 1540. The van der Waals surface area contributed by atoms with Crippen molar-refractivity contribution in [2.75, 3.05) is 24.6 Å². The van der Waals surface area contributed by atoms with Gasteiger partial charge >= 0.3 is 5.97 Å². The molecular weight excluding hydrogens is 574 g/mol. The smallest absolute Gasteiger partial charge is 0.313 e. The van der Waals surface area contributed by atoms with E-state index in [9.17, 15) is 24.3 Å². The summed E-state index contributed by atoms with van der Waals surface area (Å²) in [7, 11) is 0. The fraction of sp³-hybridized carbons (Fsp3) is 0.429. The number of carbonyl (C=O) groups excluding carboxylic acids is 4. The SMILES string of the molecule is Cc1cccc(C)c1N1C/C=C\CCC(=O)N[C@@H](C)[C@H](c2ccccc2)OC(=O)[C@@H]2[C@H]3C(=O)N(CCO)[C@H](C1=O)[C@]31C=C[C@H]2O1. The summed E-state index contributed by atoms with van der Waals surface area (Å²) in [5, 5.41) is 13.0. The topological polar surface area (TPSA) is 125 Å². The van der Waals surface area contributed by atoms with Gasteiger partial charge in [-0.1, -0.05) is 72.8 Å². The zero-order chi connectivity index (χ0) is 31.9. The Morgan fingerprint density at radius 3 is 2.42 bits per heavy atom. The molecule has 0 unspecified atom stereocenters. The summed E-state index contributed by atoms with van der Waals surface area (Å²) >= 11 is 0. The molecule has 2 N–H and O–H groups in total. The van der Waals surface area contributed by atoms with Gasteiger partial charge in [0.15, 0.2) is 0 Å². The predicted molar refractivity (Wildman–Crippen MR) is 166 cm³/mol. The number of likely N-dealkylation sites (tertiary alicyclic amines) is 1. The molecule has 2 aromatic carbocycles. The van der Waals surface area contributed by atoms with Gasteiger partial charge in [0.1, 0.15) is 23.7 Å². The molecule has 45 heavy (non-hydrogen) atoms. The summed E-state index contributed by atoms with van der Waals surface area (Å²) in [4.78, 5) is 59.0. The Kier molecular flexibility index (Phi) is 8.37. The third kappa shape index (κ3) is 5.25. The predicted octanol–water partition coefficient (Wildman–Crippen LogP) is 2.92. The molecule has 10 heteroatoms. The quantitative estimate of drug-likeness (QED) is 0.401. The van der Waals surface area contributed by atoms with Crippen LogP contribution in [0.5, 0.6) is 0 Å². The van der Waals surface area contributed by atoms with E-state index >= 15 is 0 Å². The van der Waals surface area contributed by atoms with Crippen LogP contribution in [0, 0.1) is 25.7 Å². The number of aliphatic hydroxyl groups excluding tert-OH is 1. The Labute approximate surface area is 262 Å². The Hall–Kier alpha value is -4.28. The summed E-state index contributed by atoms with van der Waals surface area (Å²) in [5.41, 5.74) is 1.76. The number of ether oxygens (including phenoxy) is 2. The number of rotatable bonds is 4. The molecule has 4 aliphatic heterocycles. The molecule has 6 rings (SSSR count). The molecule has 0 saturated carbocycles. The summed E-state index contributed by atoms with van der Waals surface area (Å²) in [5.74, 6) is -3.69. The van der Waals surface area contributed by atoms with Gasteiger partial charge < -0.3 is 29.7 Å². The van der Waals surface area contributed by atoms with E-state index in [2.05, 4.69) is 5.32 Å². The van der Waals surface area contributed by atoms with Crippen LogP contribution >= 0.6 is 0 Å². The van der Waals surface area contributed by atoms with Gasteiger partial charge in [-0.3, -0.25) is 19.2 Å². The van der Waals surface area contributed by atoms with Gasteiger partial charge in [-0.15, -0.1) is 0 Å². The number of cyclic esters (lactones) is 1. The molecule has 0 radical (unpaired) electrons. The van der Waals surface area contributed by atoms with E-state index in [4.69, 9.17) is 9.47 Å². The number of fused-ring (bicyclic) bond motifs is 2. The lowest BCUT2D eigenvalue weighted by molar-refractivity contribution is -0.161. The van der Waals surface area contributed by atoms with E-state index in [-0.39, 0.29) is 37.9 Å². The molecule has 2 fully saturated rings. The number of allylic oxidation sites excluding steroid dienone is 1. The number of hydrogen-bond donors (Lipinski definition) is 2. The highest BCUT2D eigenvalue weighted by molar-refractivity contribution is 6.06. The summed E-state index contributed by atoms with van der Waals surface area (Å²) in [6, 6.07) is 13.2. The molecular formula is C35H39N3O7. The van der Waals surface area contributed by atoms with Crippen molar-refractivity contribution in [2.45, 2.75) is 63.5 Å². The molecule has 7 atom stereocenters. The van der Waals surface area contributed by atoms with Crippen molar-refractivity contribution in [3.05, 3.63) is 89.5 Å². The molecule has 1 spiro atoms. The molecule has 4 aliphatic rings. The number of nitrogens with zero attached hydrogens (tertiary/aromatic N) is 2. The third-order valence-corrected chi connectivity index (χ3v) is 9.40. The van der Waals surface area contributed by atoms with E-state index in [0.29, 0.717) is 17.7 Å². The van der Waals surface area contributed by atoms with Crippen LogP contribution in [0.2, 0.25) is 0 Å². The number of aliphatic hydroxyl groups is 1. The number of benzene rings is 2. The van der Waals surface area contributed by atoms with Crippen LogP contribution in [0.1, 0.15) is 42.6 Å². The monoisotopic (exact) mass is 613 g/mol. The molecule has 2 saturated heterocycles. The highest BCUT2D eigenvalue weighted by atomic mass is 16.6. The normalized spacial score (nSPS) is 32.4. The van der Waals surface area contributed by atoms with Crippen molar-refractivity contribution in [1.82, 2.24) is 10.2 Å². The minimum atomic E-state index is -1.41. The van der Waals surface area contributed by atoms with Gasteiger partial charge in [0, 0.05) is 25.2 Å². The number of amides is 3. The minimum Gasteiger partial charge on any atom is -0.455 e. The molecule has 0 aromatic heterocycles. The number of anilines is 1. The van der Waals surface area contributed by atoms with Gasteiger partial charge in [-0.25, -0.2) is 0 Å². The van der Waals surface area contributed by atoms with Crippen LogP contribution in [0.25, 0.3) is 0 Å². The average molecular weight is 614 g/mol. The first-order valence-electron chi connectivity index (χ1n) is 15.5. The van der Waals surface area contributed by atoms with Crippen LogP contribution in [-0.4, -0.2) is 77.2 Å². The molecule has 236 valence electrons. The highest BCUT2D eigenvalue weighted by Gasteiger charge is 2.73. The first kappa shape index (κ1) is 30.7. The fourth-order valence-corrected chi connectivity index (χ4v) is 7.45. The van der Waals surface area contributed by atoms with Crippen LogP contribution in [0.3, 0.4) is 0 Å². The van der Waals surface area contributed by atoms with Gasteiger partial charge in [0.05, 0.1) is 24.7 Å². The second-order valence-corrected chi connectivity index (χ2v) is 12.3. The standard InChI is InChI=1S/C35H39N3O7/c1-21-11-10-12-22(2)29(21)37-18-9-5-8-15-26(40)36-23(3)30(24-13-6-4-7-14-24)44-34(43)27-25-16-17-35(45-25)28(27)32(41)38(19-20-39)31(35)33(37)42/h4-7,9-14,16-17,23,25,27-28,30-31,39H,8,15,18-20H2,1-3H3,(H,36,40)/b9-5-/t23-,25+,27-,28-,30+,31+,35-/m0/s1. The maximum atomic E-state index is 14.8. The van der Waals surface area contributed by atoms with Gasteiger partial charge in [0.2, 0.25) is 11.8 Å². The largest absolute Gasteiger partial charge is 0.455 e. The number of nitrogens with one attached hydrogen (secondary N) is 1. The van der Waals surface area contributed by atoms with Crippen LogP contribution in [0.4, 0.5) is 5.69 Å². The summed E-state index contributed by atoms with van der Waals surface area (Å²) < 4.78 is 12.6. The number of carbonyl (C=O) groups is 4. The summed E-state index contributed by atoms with van der Waals surface area (Å²) in [6.07, 6.45) is 6.25. The molecule has 4 heterocycles. The molecule has 2 aromatic rings. The van der Waals surface area contributed by atoms with Crippen LogP contribution in [-0.2, 0) is 28.7 Å². The maximum absolute atomic E-state index is 14.8. The van der Waals surface area contributed by atoms with Gasteiger partial charge in [-0.05, 0) is 43.9 Å². The van der Waals surface area contributed by atoms with Crippen molar-refractivity contribution in [2.24, 2.45) is 11.8 Å². The average Bonchev–Trinajstić information content (AvgIpc) is 3.66. The van der Waals surface area contributed by atoms with Crippen LogP contribution in [0.15, 0.2) is 72.8 Å². The van der Waals surface area contributed by atoms with Gasteiger partial charge in [0.25, 0.3) is 5.91 Å².